The number of hydrazone groups is 1. The summed E-state index contributed by atoms with van der Waals surface area (Å²) < 4.78 is 1.77. The van der Waals surface area contributed by atoms with Crippen molar-refractivity contribution < 1.29 is 4.79 Å². The van der Waals surface area contributed by atoms with Crippen LogP contribution in [0.3, 0.4) is 0 Å². The molecule has 0 aromatic heterocycles. The Morgan fingerprint density at radius 3 is 2.57 bits per heavy atom. The van der Waals surface area contributed by atoms with Gasteiger partial charge in [-0.15, -0.1) is 0 Å². The average Bonchev–Trinajstić information content (AvgIpc) is 2.48. The van der Waals surface area contributed by atoms with Crippen molar-refractivity contribution in [2.75, 3.05) is 11.9 Å². The Bertz CT molecular complexity index is 727. The zero-order chi connectivity index (χ0) is 16.8. The normalized spacial score (nSPS) is 10.8. The van der Waals surface area contributed by atoms with Crippen molar-refractivity contribution in [1.29, 1.82) is 0 Å². The zero-order valence-corrected chi connectivity index (χ0v) is 16.2. The molecule has 0 heterocycles. The molecule has 0 aliphatic rings. The van der Waals surface area contributed by atoms with Crippen LogP contribution in [-0.4, -0.2) is 18.7 Å². The molecular weight excluding hydrogens is 445 g/mol. The highest BCUT2D eigenvalue weighted by Crippen LogP contribution is 2.32. The van der Waals surface area contributed by atoms with Crippen LogP contribution < -0.4 is 10.7 Å². The maximum atomic E-state index is 11.8. The summed E-state index contributed by atoms with van der Waals surface area (Å²) in [7, 11) is 0. The number of hydrogen-bond acceptors (Lipinski definition) is 3. The summed E-state index contributed by atoms with van der Waals surface area (Å²) in [5.41, 5.74) is 5.13. The molecule has 0 saturated carbocycles. The number of aryl methyl sites for hydroxylation is 1. The average molecular weight is 460 g/mol. The van der Waals surface area contributed by atoms with Crippen molar-refractivity contribution in [1.82, 2.24) is 5.43 Å². The van der Waals surface area contributed by atoms with Crippen LogP contribution >= 0.6 is 43.5 Å². The molecule has 23 heavy (non-hydrogen) atoms. The molecule has 2 aromatic rings. The number of carbonyl (C=O) groups excluding carboxylic acids is 1. The van der Waals surface area contributed by atoms with Gasteiger partial charge in [0.15, 0.2) is 0 Å². The molecule has 0 spiro atoms. The van der Waals surface area contributed by atoms with E-state index in [4.69, 9.17) is 11.6 Å². The standard InChI is InChI=1S/C16H14Br2ClN3O/c1-10-6-12(17)16(13(18)7-10)20-9-15(23)22-21-8-11-4-2-3-5-14(11)19/h2-8,20H,9H2,1H3,(H,22,23)/b21-8-. The summed E-state index contributed by atoms with van der Waals surface area (Å²) in [6.45, 7) is 2.09. The fourth-order valence-electron chi connectivity index (χ4n) is 1.83. The molecule has 0 bridgehead atoms. The highest BCUT2D eigenvalue weighted by molar-refractivity contribution is 9.11. The third-order valence-corrected chi connectivity index (χ3v) is 4.51. The van der Waals surface area contributed by atoms with E-state index in [2.05, 4.69) is 47.7 Å². The molecule has 0 atom stereocenters. The molecule has 2 rings (SSSR count). The second kappa shape index (κ2) is 8.47. The molecule has 120 valence electrons. The minimum Gasteiger partial charge on any atom is -0.374 e. The Kier molecular flexibility index (Phi) is 6.62. The van der Waals surface area contributed by atoms with E-state index in [1.165, 1.54) is 6.21 Å². The van der Waals surface area contributed by atoms with E-state index in [0.29, 0.717) is 5.02 Å². The van der Waals surface area contributed by atoms with Gasteiger partial charge >= 0.3 is 0 Å². The van der Waals surface area contributed by atoms with Crippen molar-refractivity contribution in [2.45, 2.75) is 6.92 Å². The zero-order valence-electron chi connectivity index (χ0n) is 12.2. The Labute approximate surface area is 156 Å². The van der Waals surface area contributed by atoms with Gasteiger partial charge in [0.2, 0.25) is 0 Å². The van der Waals surface area contributed by atoms with E-state index in [9.17, 15) is 4.79 Å². The number of anilines is 1. The first kappa shape index (κ1) is 18.0. The van der Waals surface area contributed by atoms with Gasteiger partial charge in [0, 0.05) is 19.5 Å². The number of amides is 1. The SMILES string of the molecule is Cc1cc(Br)c(NCC(=O)N/N=C\c2ccccc2Cl)c(Br)c1. The van der Waals surface area contributed by atoms with E-state index >= 15 is 0 Å². The van der Waals surface area contributed by atoms with Gasteiger partial charge in [-0.2, -0.15) is 5.10 Å². The molecule has 2 aromatic carbocycles. The highest BCUT2D eigenvalue weighted by atomic mass is 79.9. The number of hydrogen-bond donors (Lipinski definition) is 2. The summed E-state index contributed by atoms with van der Waals surface area (Å²) >= 11 is 12.9. The summed E-state index contributed by atoms with van der Waals surface area (Å²) in [4.78, 5) is 11.8. The molecule has 0 unspecified atom stereocenters. The van der Waals surface area contributed by atoms with Crippen LogP contribution in [0.15, 0.2) is 50.4 Å². The van der Waals surface area contributed by atoms with Gasteiger partial charge in [-0.1, -0.05) is 29.8 Å². The minimum atomic E-state index is -0.257. The van der Waals surface area contributed by atoms with Crippen LogP contribution in [0, 0.1) is 6.92 Å². The van der Waals surface area contributed by atoms with Crippen LogP contribution in [-0.2, 0) is 4.79 Å². The first-order valence-corrected chi connectivity index (χ1v) is 8.69. The van der Waals surface area contributed by atoms with Crippen molar-refractivity contribution in [3.8, 4) is 0 Å². The van der Waals surface area contributed by atoms with Crippen LogP contribution in [0.1, 0.15) is 11.1 Å². The lowest BCUT2D eigenvalue weighted by atomic mass is 10.2. The Morgan fingerprint density at radius 1 is 1.26 bits per heavy atom. The Hall–Kier alpha value is -1.37. The maximum absolute atomic E-state index is 11.8. The van der Waals surface area contributed by atoms with Crippen molar-refractivity contribution >= 4 is 61.3 Å². The molecule has 4 nitrogen and oxygen atoms in total. The number of rotatable bonds is 5. The lowest BCUT2D eigenvalue weighted by Gasteiger charge is -2.11. The molecule has 0 saturated heterocycles. The van der Waals surface area contributed by atoms with Crippen molar-refractivity contribution in [2.24, 2.45) is 5.10 Å². The van der Waals surface area contributed by atoms with Crippen molar-refractivity contribution in [3.63, 3.8) is 0 Å². The van der Waals surface area contributed by atoms with Gasteiger partial charge in [-0.25, -0.2) is 5.43 Å². The summed E-state index contributed by atoms with van der Waals surface area (Å²) in [6, 6.07) is 11.2. The number of benzene rings is 2. The van der Waals surface area contributed by atoms with Gasteiger partial charge in [0.05, 0.1) is 18.4 Å². The number of nitrogens with zero attached hydrogens (tertiary/aromatic N) is 1. The topological polar surface area (TPSA) is 53.5 Å². The third kappa shape index (κ3) is 5.34. The molecule has 1 amide bonds. The first-order valence-electron chi connectivity index (χ1n) is 6.73. The van der Waals surface area contributed by atoms with Crippen LogP contribution in [0.4, 0.5) is 5.69 Å². The van der Waals surface area contributed by atoms with E-state index in [-0.39, 0.29) is 12.5 Å². The fourth-order valence-corrected chi connectivity index (χ4v) is 3.71. The van der Waals surface area contributed by atoms with E-state index in [0.717, 1.165) is 25.8 Å². The summed E-state index contributed by atoms with van der Waals surface area (Å²) in [6.07, 6.45) is 1.51. The molecule has 0 aliphatic heterocycles. The second-order valence-corrected chi connectivity index (χ2v) is 6.89. The van der Waals surface area contributed by atoms with Crippen molar-refractivity contribution in [3.05, 3.63) is 61.5 Å². The first-order chi connectivity index (χ1) is 11.0. The predicted molar refractivity (Wildman–Crippen MR) is 102 cm³/mol. The Morgan fingerprint density at radius 2 is 1.91 bits per heavy atom. The largest absolute Gasteiger partial charge is 0.374 e. The summed E-state index contributed by atoms with van der Waals surface area (Å²) in [5.74, 6) is -0.257. The van der Waals surface area contributed by atoms with E-state index < -0.39 is 0 Å². The van der Waals surface area contributed by atoms with Crippen LogP contribution in [0.25, 0.3) is 0 Å². The van der Waals surface area contributed by atoms with E-state index in [1.807, 2.05) is 37.3 Å². The van der Waals surface area contributed by atoms with Gasteiger partial charge in [0.1, 0.15) is 0 Å². The maximum Gasteiger partial charge on any atom is 0.259 e. The van der Waals surface area contributed by atoms with Crippen LogP contribution in [0.2, 0.25) is 5.02 Å². The number of carbonyl (C=O) groups is 1. The second-order valence-electron chi connectivity index (χ2n) is 4.77. The lowest BCUT2D eigenvalue weighted by molar-refractivity contribution is -0.119. The predicted octanol–water partition coefficient (Wildman–Crippen LogP) is 4.74. The lowest BCUT2D eigenvalue weighted by Crippen LogP contribution is -2.26. The molecular formula is C16H14Br2ClN3O. The quantitative estimate of drug-likeness (QED) is 0.502. The van der Waals surface area contributed by atoms with Crippen LogP contribution in [0.5, 0.6) is 0 Å². The van der Waals surface area contributed by atoms with Gasteiger partial charge in [-0.3, -0.25) is 4.79 Å². The molecule has 7 heteroatoms. The monoisotopic (exact) mass is 457 g/mol. The number of nitrogens with one attached hydrogen (secondary N) is 2. The van der Waals surface area contributed by atoms with Gasteiger partial charge < -0.3 is 5.32 Å². The molecule has 0 radical (unpaired) electrons. The smallest absolute Gasteiger partial charge is 0.259 e. The molecule has 2 N–H and O–H groups in total. The van der Waals surface area contributed by atoms with Gasteiger partial charge in [-0.05, 0) is 62.5 Å². The molecule has 0 aliphatic carbocycles. The fraction of sp³-hybridized carbons (Fsp3) is 0.125. The summed E-state index contributed by atoms with van der Waals surface area (Å²) in [5, 5.41) is 7.54. The number of halogens is 3. The minimum absolute atomic E-state index is 0.0973. The van der Waals surface area contributed by atoms with E-state index in [1.54, 1.807) is 6.07 Å². The third-order valence-electron chi connectivity index (χ3n) is 2.91. The molecule has 0 fully saturated rings. The highest BCUT2D eigenvalue weighted by Gasteiger charge is 2.07. The van der Waals surface area contributed by atoms with Gasteiger partial charge in [0.25, 0.3) is 5.91 Å². The Balaban J connectivity index is 1.90.